The van der Waals surface area contributed by atoms with Crippen molar-refractivity contribution in [3.05, 3.63) is 17.7 Å². The van der Waals surface area contributed by atoms with E-state index in [-0.39, 0.29) is 5.75 Å². The fraction of sp³-hybridized carbons (Fsp3) is 0.684. The lowest BCUT2D eigenvalue weighted by atomic mass is 10.1. The molecule has 2 aliphatic rings. The van der Waals surface area contributed by atoms with E-state index in [1.54, 1.807) is 6.92 Å². The van der Waals surface area contributed by atoms with Crippen molar-refractivity contribution >= 4 is 21.2 Å². The Balaban J connectivity index is 1.84. The third-order valence-corrected chi connectivity index (χ3v) is 7.21. The lowest BCUT2D eigenvalue weighted by Crippen LogP contribution is -2.43. The summed E-state index contributed by atoms with van der Waals surface area (Å²) in [7, 11) is -3.23. The van der Waals surface area contributed by atoms with Crippen LogP contribution in [0.15, 0.2) is 17.0 Å². The fourth-order valence-electron chi connectivity index (χ4n) is 3.79. The van der Waals surface area contributed by atoms with E-state index in [9.17, 15) is 8.42 Å². The number of piperazine rings is 1. The van der Waals surface area contributed by atoms with Crippen LogP contribution in [0.5, 0.6) is 0 Å². The summed E-state index contributed by atoms with van der Waals surface area (Å²) >= 11 is 0. The van der Waals surface area contributed by atoms with Crippen LogP contribution < -0.4 is 15.5 Å². The predicted octanol–water partition coefficient (Wildman–Crippen LogP) is 1.71. The molecule has 2 fully saturated rings. The number of nitrogens with one attached hydrogen (secondary N) is 2. The zero-order valence-corrected chi connectivity index (χ0v) is 16.9. The second kappa shape index (κ2) is 8.59. The Hall–Kier alpha value is -1.31. The highest BCUT2D eigenvalue weighted by Crippen LogP contribution is 2.31. The average molecular weight is 381 g/mol. The molecule has 0 amide bonds. The lowest BCUT2D eigenvalue weighted by Gasteiger charge is -2.32. The number of likely N-dealkylation sites (tertiary alicyclic amines) is 1. The van der Waals surface area contributed by atoms with E-state index in [4.69, 9.17) is 0 Å². The molecule has 0 bridgehead atoms. The van der Waals surface area contributed by atoms with Gasteiger partial charge in [0, 0.05) is 50.6 Å². The van der Waals surface area contributed by atoms with Gasteiger partial charge in [0.1, 0.15) is 0 Å². The second-order valence-electron chi connectivity index (χ2n) is 7.23. The van der Waals surface area contributed by atoms with Crippen molar-refractivity contribution in [2.75, 3.05) is 68.3 Å². The van der Waals surface area contributed by atoms with Crippen LogP contribution in [0, 0.1) is 6.92 Å². The smallest absolute Gasteiger partial charge is 0.178 e. The molecule has 1 aromatic rings. The van der Waals surface area contributed by atoms with Gasteiger partial charge >= 0.3 is 0 Å². The molecule has 0 saturated carbocycles. The lowest BCUT2D eigenvalue weighted by molar-refractivity contribution is 0.352. The molecular weight excluding hydrogens is 348 g/mol. The molecule has 2 saturated heterocycles. The minimum Gasteiger partial charge on any atom is -0.383 e. The van der Waals surface area contributed by atoms with E-state index < -0.39 is 9.84 Å². The maximum atomic E-state index is 12.5. The third kappa shape index (κ3) is 4.50. The van der Waals surface area contributed by atoms with Gasteiger partial charge in [-0.15, -0.1) is 0 Å². The Kier molecular flexibility index (Phi) is 6.42. The van der Waals surface area contributed by atoms with Gasteiger partial charge in [0.05, 0.1) is 10.6 Å². The standard InChI is InChI=1S/C19H32N4O2S/c1-3-26(24,25)17-14-18(21-8-11-22-9-4-5-10-22)16(2)19(15-17)23-12-6-20-7-13-23/h14-15,20-21H,3-13H2,1-2H3. The van der Waals surface area contributed by atoms with Crippen LogP contribution in [0.1, 0.15) is 25.3 Å². The fourth-order valence-corrected chi connectivity index (χ4v) is 4.71. The molecule has 2 heterocycles. The number of nitrogens with zero attached hydrogens (tertiary/aromatic N) is 2. The highest BCUT2D eigenvalue weighted by molar-refractivity contribution is 7.91. The molecule has 26 heavy (non-hydrogen) atoms. The Morgan fingerprint density at radius 2 is 1.81 bits per heavy atom. The molecule has 0 aromatic heterocycles. The highest BCUT2D eigenvalue weighted by Gasteiger charge is 2.21. The van der Waals surface area contributed by atoms with Crippen molar-refractivity contribution in [2.45, 2.75) is 31.6 Å². The van der Waals surface area contributed by atoms with E-state index in [1.165, 1.54) is 25.9 Å². The number of hydrogen-bond donors (Lipinski definition) is 2. The molecule has 0 atom stereocenters. The number of anilines is 2. The molecular formula is C19H32N4O2S. The molecule has 3 rings (SSSR count). The molecule has 1 aromatic carbocycles. The Morgan fingerprint density at radius 3 is 2.46 bits per heavy atom. The van der Waals surface area contributed by atoms with E-state index in [0.29, 0.717) is 4.90 Å². The summed E-state index contributed by atoms with van der Waals surface area (Å²) in [5.74, 6) is 0.129. The highest BCUT2D eigenvalue weighted by atomic mass is 32.2. The minimum absolute atomic E-state index is 0.129. The second-order valence-corrected chi connectivity index (χ2v) is 9.51. The zero-order valence-electron chi connectivity index (χ0n) is 16.1. The number of rotatable bonds is 7. The summed E-state index contributed by atoms with van der Waals surface area (Å²) in [6.45, 7) is 11.7. The summed E-state index contributed by atoms with van der Waals surface area (Å²) in [5.41, 5.74) is 3.14. The summed E-state index contributed by atoms with van der Waals surface area (Å²) in [4.78, 5) is 5.20. The molecule has 6 nitrogen and oxygen atoms in total. The van der Waals surface area contributed by atoms with E-state index in [0.717, 1.165) is 56.2 Å². The number of sulfone groups is 1. The van der Waals surface area contributed by atoms with Crippen molar-refractivity contribution < 1.29 is 8.42 Å². The third-order valence-electron chi connectivity index (χ3n) is 5.49. The van der Waals surface area contributed by atoms with Crippen molar-refractivity contribution in [1.82, 2.24) is 10.2 Å². The summed E-state index contributed by atoms with van der Waals surface area (Å²) in [5, 5.41) is 6.87. The van der Waals surface area contributed by atoms with Gasteiger partial charge in [0.2, 0.25) is 0 Å². The van der Waals surface area contributed by atoms with Gasteiger partial charge in [-0.05, 0) is 50.6 Å². The largest absolute Gasteiger partial charge is 0.383 e. The van der Waals surface area contributed by atoms with Crippen molar-refractivity contribution in [3.8, 4) is 0 Å². The first-order valence-corrected chi connectivity index (χ1v) is 11.5. The SMILES string of the molecule is CCS(=O)(=O)c1cc(NCCN2CCCC2)c(C)c(N2CCNCC2)c1. The maximum Gasteiger partial charge on any atom is 0.178 e. The van der Waals surface area contributed by atoms with Gasteiger partial charge in [-0.1, -0.05) is 6.92 Å². The van der Waals surface area contributed by atoms with Crippen molar-refractivity contribution in [3.63, 3.8) is 0 Å². The predicted molar refractivity (Wildman–Crippen MR) is 108 cm³/mol. The average Bonchev–Trinajstić information content (AvgIpc) is 3.17. The summed E-state index contributed by atoms with van der Waals surface area (Å²) in [6.07, 6.45) is 2.58. The Labute approximate surface area is 157 Å². The molecule has 0 unspecified atom stereocenters. The van der Waals surface area contributed by atoms with Crippen LogP contribution in [0.2, 0.25) is 0 Å². The van der Waals surface area contributed by atoms with Gasteiger partial charge in [0.15, 0.2) is 9.84 Å². The zero-order chi connectivity index (χ0) is 18.6. The van der Waals surface area contributed by atoms with E-state index in [1.807, 2.05) is 12.1 Å². The Morgan fingerprint density at radius 1 is 1.12 bits per heavy atom. The molecule has 0 spiro atoms. The number of benzene rings is 1. The van der Waals surface area contributed by atoms with Crippen LogP contribution in [-0.4, -0.2) is 71.4 Å². The van der Waals surface area contributed by atoms with E-state index in [2.05, 4.69) is 27.4 Å². The molecule has 0 aliphatic carbocycles. The minimum atomic E-state index is -3.23. The van der Waals surface area contributed by atoms with Crippen LogP contribution in [0.4, 0.5) is 11.4 Å². The first-order chi connectivity index (χ1) is 12.5. The van der Waals surface area contributed by atoms with E-state index >= 15 is 0 Å². The van der Waals surface area contributed by atoms with Crippen molar-refractivity contribution in [2.24, 2.45) is 0 Å². The van der Waals surface area contributed by atoms with Gasteiger partial charge in [-0.25, -0.2) is 8.42 Å². The molecule has 146 valence electrons. The van der Waals surface area contributed by atoms with Gasteiger partial charge < -0.3 is 20.4 Å². The normalized spacial score (nSPS) is 19.1. The summed E-state index contributed by atoms with van der Waals surface area (Å²) < 4.78 is 25.0. The molecule has 2 aliphatic heterocycles. The van der Waals surface area contributed by atoms with Crippen LogP contribution in [0.3, 0.4) is 0 Å². The van der Waals surface area contributed by atoms with Gasteiger partial charge in [-0.3, -0.25) is 0 Å². The van der Waals surface area contributed by atoms with Crippen molar-refractivity contribution in [1.29, 1.82) is 0 Å². The van der Waals surface area contributed by atoms with Crippen LogP contribution in [0.25, 0.3) is 0 Å². The molecule has 7 heteroatoms. The van der Waals surface area contributed by atoms with Crippen LogP contribution >= 0.6 is 0 Å². The van der Waals surface area contributed by atoms with Gasteiger partial charge in [-0.2, -0.15) is 0 Å². The Bertz CT molecular complexity index is 708. The number of hydrogen-bond acceptors (Lipinski definition) is 6. The van der Waals surface area contributed by atoms with Gasteiger partial charge in [0.25, 0.3) is 0 Å². The topological polar surface area (TPSA) is 64.7 Å². The first kappa shape index (κ1) is 19.5. The summed E-state index contributed by atoms with van der Waals surface area (Å²) in [6, 6.07) is 3.69. The molecule has 2 N–H and O–H groups in total. The molecule has 0 radical (unpaired) electrons. The monoisotopic (exact) mass is 380 g/mol. The quantitative estimate of drug-likeness (QED) is 0.751. The van der Waals surface area contributed by atoms with Crippen LogP contribution in [-0.2, 0) is 9.84 Å². The maximum absolute atomic E-state index is 12.5. The first-order valence-electron chi connectivity index (χ1n) is 9.80.